The minimum atomic E-state index is -4.36. The molecule has 0 amide bonds. The van der Waals surface area contributed by atoms with Crippen LogP contribution >= 0.6 is 0 Å². The largest absolute Gasteiger partial charge is 0.416 e. The second kappa shape index (κ2) is 7.17. The smallest absolute Gasteiger partial charge is 0.166 e. The molecule has 0 N–H and O–H groups in total. The summed E-state index contributed by atoms with van der Waals surface area (Å²) in [6.45, 7) is 12.4. The van der Waals surface area contributed by atoms with Gasteiger partial charge < -0.3 is 0 Å². The van der Waals surface area contributed by atoms with Crippen molar-refractivity contribution in [2.45, 2.75) is 40.8 Å². The van der Waals surface area contributed by atoms with E-state index in [1.54, 1.807) is 6.92 Å². The third-order valence-electron chi connectivity index (χ3n) is 2.62. The van der Waals surface area contributed by atoms with Gasteiger partial charge in [0.25, 0.3) is 0 Å². The van der Waals surface area contributed by atoms with Crippen LogP contribution in [0, 0.1) is 0 Å². The molecule has 0 aliphatic carbocycles. The minimum absolute atomic E-state index is 0.0162. The summed E-state index contributed by atoms with van der Waals surface area (Å²) in [5, 5.41) is 0. The normalized spacial score (nSPS) is 14.4. The molecule has 0 unspecified atom stereocenters. The van der Waals surface area contributed by atoms with Gasteiger partial charge in [0.2, 0.25) is 0 Å². The molecule has 19 heavy (non-hydrogen) atoms. The van der Waals surface area contributed by atoms with Crippen LogP contribution in [0.4, 0.5) is 13.2 Å². The monoisotopic (exact) mass is 270 g/mol. The lowest BCUT2D eigenvalue weighted by atomic mass is 10.0. The molecule has 0 rings (SSSR count). The summed E-state index contributed by atoms with van der Waals surface area (Å²) in [5.74, 6) is 0. The van der Waals surface area contributed by atoms with Gasteiger partial charge in [0.1, 0.15) is 0 Å². The van der Waals surface area contributed by atoms with Crippen LogP contribution in [0.1, 0.15) is 34.6 Å². The fourth-order valence-corrected chi connectivity index (χ4v) is 1.41. The van der Waals surface area contributed by atoms with Crippen molar-refractivity contribution in [1.82, 2.24) is 0 Å². The van der Waals surface area contributed by atoms with Crippen LogP contribution in [0.3, 0.4) is 0 Å². The first-order valence-corrected chi connectivity index (χ1v) is 6.02. The zero-order valence-electron chi connectivity index (χ0n) is 12.2. The van der Waals surface area contributed by atoms with Crippen molar-refractivity contribution in [2.75, 3.05) is 0 Å². The molecule has 0 atom stereocenters. The van der Waals surface area contributed by atoms with Gasteiger partial charge in [-0.1, -0.05) is 36.5 Å². The maximum atomic E-state index is 12.7. The van der Waals surface area contributed by atoms with E-state index in [4.69, 9.17) is 0 Å². The van der Waals surface area contributed by atoms with Gasteiger partial charge in [-0.25, -0.2) is 0 Å². The molecule has 0 spiro atoms. The van der Waals surface area contributed by atoms with Crippen LogP contribution in [0.25, 0.3) is 0 Å². The van der Waals surface area contributed by atoms with E-state index in [9.17, 15) is 13.2 Å². The van der Waals surface area contributed by atoms with Gasteiger partial charge in [-0.05, 0) is 51.3 Å². The van der Waals surface area contributed by atoms with Gasteiger partial charge in [0, 0.05) is 0 Å². The predicted octanol–water partition coefficient (Wildman–Crippen LogP) is 5.91. The van der Waals surface area contributed by atoms with E-state index in [1.807, 2.05) is 32.9 Å². The Morgan fingerprint density at radius 3 is 1.84 bits per heavy atom. The van der Waals surface area contributed by atoms with Crippen LogP contribution in [-0.2, 0) is 0 Å². The Morgan fingerprint density at radius 2 is 1.47 bits per heavy atom. The van der Waals surface area contributed by atoms with E-state index in [1.165, 1.54) is 13.0 Å². The Hall–Kier alpha value is -1.51. The van der Waals surface area contributed by atoms with Crippen molar-refractivity contribution in [2.24, 2.45) is 0 Å². The lowest BCUT2D eigenvalue weighted by Gasteiger charge is -2.12. The third kappa shape index (κ3) is 6.27. The molecule has 3 heteroatoms. The summed E-state index contributed by atoms with van der Waals surface area (Å²) in [6, 6.07) is 0. The van der Waals surface area contributed by atoms with Crippen molar-refractivity contribution < 1.29 is 13.2 Å². The SMILES string of the molecule is C=C(/C=C(C)/C(C)=C/C=C(C)C)/C(=C\C)C(F)(F)F. The molecular weight excluding hydrogens is 249 g/mol. The Kier molecular flexibility index (Phi) is 6.60. The average molecular weight is 270 g/mol. The molecule has 0 saturated heterocycles. The first-order chi connectivity index (χ1) is 8.59. The van der Waals surface area contributed by atoms with Crippen molar-refractivity contribution in [3.05, 3.63) is 58.7 Å². The highest BCUT2D eigenvalue weighted by molar-refractivity contribution is 5.45. The second-order valence-corrected chi connectivity index (χ2v) is 4.65. The van der Waals surface area contributed by atoms with Gasteiger partial charge in [-0.15, -0.1) is 0 Å². The standard InChI is InChI=1S/C16H21F3/c1-7-15(16(17,18)19)14(6)10-13(5)12(4)9-8-11(2)3/h7-10H,6H2,1-5H3/b12-9+,13-10+,15-7+. The lowest BCUT2D eigenvalue weighted by Crippen LogP contribution is -2.12. The fourth-order valence-electron chi connectivity index (χ4n) is 1.41. The van der Waals surface area contributed by atoms with Gasteiger partial charge in [0.05, 0.1) is 5.57 Å². The van der Waals surface area contributed by atoms with E-state index >= 15 is 0 Å². The van der Waals surface area contributed by atoms with E-state index in [0.717, 1.165) is 22.8 Å². The zero-order chi connectivity index (χ0) is 15.2. The second-order valence-electron chi connectivity index (χ2n) is 4.65. The quantitative estimate of drug-likeness (QED) is 0.557. The maximum absolute atomic E-state index is 12.7. The average Bonchev–Trinajstić information content (AvgIpc) is 2.24. The fraction of sp³-hybridized carbons (Fsp3) is 0.375. The molecular formula is C16H21F3. The highest BCUT2D eigenvalue weighted by atomic mass is 19.4. The zero-order valence-corrected chi connectivity index (χ0v) is 12.2. The van der Waals surface area contributed by atoms with Crippen molar-refractivity contribution in [3.8, 4) is 0 Å². The first-order valence-electron chi connectivity index (χ1n) is 6.02. The molecule has 0 aromatic carbocycles. The first kappa shape index (κ1) is 17.5. The maximum Gasteiger partial charge on any atom is 0.416 e. The molecule has 0 bridgehead atoms. The van der Waals surface area contributed by atoms with E-state index in [0.29, 0.717) is 0 Å². The number of rotatable bonds is 4. The Bertz CT molecular complexity index is 451. The van der Waals surface area contributed by atoms with Crippen LogP contribution < -0.4 is 0 Å². The molecule has 0 fully saturated rings. The van der Waals surface area contributed by atoms with Crippen molar-refractivity contribution in [3.63, 3.8) is 0 Å². The van der Waals surface area contributed by atoms with E-state index < -0.39 is 11.7 Å². The van der Waals surface area contributed by atoms with Crippen LogP contribution in [0.15, 0.2) is 58.7 Å². The third-order valence-corrected chi connectivity index (χ3v) is 2.62. The number of allylic oxidation sites excluding steroid dienone is 9. The number of hydrogen-bond acceptors (Lipinski definition) is 0. The van der Waals surface area contributed by atoms with Crippen molar-refractivity contribution in [1.29, 1.82) is 0 Å². The molecule has 0 nitrogen and oxygen atoms in total. The number of alkyl halides is 3. The van der Waals surface area contributed by atoms with E-state index in [-0.39, 0.29) is 5.57 Å². The summed E-state index contributed by atoms with van der Waals surface area (Å²) in [4.78, 5) is 0. The Balaban J connectivity index is 5.21. The predicted molar refractivity (Wildman–Crippen MR) is 75.9 cm³/mol. The van der Waals surface area contributed by atoms with Gasteiger partial charge >= 0.3 is 6.18 Å². The van der Waals surface area contributed by atoms with Crippen LogP contribution in [-0.4, -0.2) is 6.18 Å². The van der Waals surface area contributed by atoms with Gasteiger partial charge in [0.15, 0.2) is 0 Å². The summed E-state index contributed by atoms with van der Waals surface area (Å²) in [5.41, 5.74) is 2.11. The highest BCUT2D eigenvalue weighted by Crippen LogP contribution is 2.31. The summed E-state index contributed by atoms with van der Waals surface area (Å²) in [6.07, 6.45) is 1.96. The Labute approximate surface area is 113 Å². The minimum Gasteiger partial charge on any atom is -0.166 e. The van der Waals surface area contributed by atoms with Crippen molar-refractivity contribution >= 4 is 0 Å². The van der Waals surface area contributed by atoms with E-state index in [2.05, 4.69) is 6.58 Å². The number of halogens is 3. The highest BCUT2D eigenvalue weighted by Gasteiger charge is 2.33. The summed E-state index contributed by atoms with van der Waals surface area (Å²) >= 11 is 0. The molecule has 106 valence electrons. The van der Waals surface area contributed by atoms with Crippen LogP contribution in [0.2, 0.25) is 0 Å². The lowest BCUT2D eigenvalue weighted by molar-refractivity contribution is -0.0890. The Morgan fingerprint density at radius 1 is 0.947 bits per heavy atom. The summed E-state index contributed by atoms with van der Waals surface area (Å²) in [7, 11) is 0. The molecule has 0 heterocycles. The molecule has 0 aliphatic rings. The molecule has 0 saturated carbocycles. The van der Waals surface area contributed by atoms with Crippen LogP contribution in [0.5, 0.6) is 0 Å². The molecule has 0 radical (unpaired) electrons. The van der Waals surface area contributed by atoms with Gasteiger partial charge in [-0.2, -0.15) is 13.2 Å². The molecule has 0 aromatic rings. The topological polar surface area (TPSA) is 0 Å². The molecule has 0 aliphatic heterocycles. The summed E-state index contributed by atoms with van der Waals surface area (Å²) < 4.78 is 38.1. The number of hydrogen-bond donors (Lipinski definition) is 0. The van der Waals surface area contributed by atoms with Gasteiger partial charge in [-0.3, -0.25) is 0 Å². The molecule has 0 aromatic heterocycles.